The molecule has 0 radical (unpaired) electrons. The first-order chi connectivity index (χ1) is 15.8. The van der Waals surface area contributed by atoms with E-state index >= 15 is 0 Å². The lowest BCUT2D eigenvalue weighted by Crippen LogP contribution is -2.28. The molecule has 1 unspecified atom stereocenters. The smallest absolute Gasteiger partial charge is 0.368 e. The van der Waals surface area contributed by atoms with Crippen LogP contribution in [0, 0.1) is 0 Å². The van der Waals surface area contributed by atoms with E-state index < -0.39 is 18.1 Å². The fourth-order valence-electron chi connectivity index (χ4n) is 3.18. The van der Waals surface area contributed by atoms with Crippen molar-refractivity contribution in [2.45, 2.75) is 32.4 Å². The van der Waals surface area contributed by atoms with E-state index in [1.165, 1.54) is 29.8 Å². The molecule has 1 aromatic carbocycles. The van der Waals surface area contributed by atoms with E-state index in [2.05, 4.69) is 36.0 Å². The van der Waals surface area contributed by atoms with E-state index in [4.69, 9.17) is 0 Å². The number of hydrogen-bond donors (Lipinski definition) is 4. The number of fused-ring (bicyclic) bond motifs is 1. The lowest BCUT2D eigenvalue weighted by molar-refractivity contribution is -0.137. The second kappa shape index (κ2) is 9.58. The fraction of sp³-hybridized carbons (Fsp3) is 0.300. The van der Waals surface area contributed by atoms with Gasteiger partial charge in [-0.3, -0.25) is 4.68 Å². The number of hydrogen-bond acceptors (Lipinski definition) is 9. The largest absolute Gasteiger partial charge is 0.416 e. The highest BCUT2D eigenvalue weighted by atomic mass is 32.1. The van der Waals surface area contributed by atoms with Crippen molar-refractivity contribution in [3.8, 4) is 0 Å². The van der Waals surface area contributed by atoms with Crippen LogP contribution >= 0.6 is 11.3 Å². The second-order valence-corrected chi connectivity index (χ2v) is 8.11. The predicted octanol–water partition coefficient (Wildman–Crippen LogP) is 3.78. The summed E-state index contributed by atoms with van der Waals surface area (Å²) in [6, 6.07) is 4.60. The van der Waals surface area contributed by atoms with Crippen LogP contribution in [0.1, 0.15) is 17.4 Å². The Kier molecular flexibility index (Phi) is 6.60. The first-order valence-electron chi connectivity index (χ1n) is 10.1. The van der Waals surface area contributed by atoms with E-state index in [9.17, 15) is 18.3 Å². The third kappa shape index (κ3) is 5.49. The summed E-state index contributed by atoms with van der Waals surface area (Å²) in [7, 11) is 0. The Bertz CT molecular complexity index is 1230. The van der Waals surface area contributed by atoms with Gasteiger partial charge in [-0.15, -0.1) is 11.3 Å². The van der Waals surface area contributed by atoms with E-state index in [-0.39, 0.29) is 5.69 Å². The number of nitrogens with one attached hydrogen (secondary N) is 3. The van der Waals surface area contributed by atoms with Gasteiger partial charge in [-0.1, -0.05) is 6.07 Å². The third-order valence-electron chi connectivity index (χ3n) is 4.70. The molecule has 13 heteroatoms. The number of halogens is 3. The highest BCUT2D eigenvalue weighted by Gasteiger charge is 2.30. The molecule has 1 atom stereocenters. The van der Waals surface area contributed by atoms with Crippen molar-refractivity contribution in [1.29, 1.82) is 0 Å². The number of anilines is 3. The minimum Gasteiger partial charge on any atom is -0.368 e. The van der Waals surface area contributed by atoms with Gasteiger partial charge < -0.3 is 21.1 Å². The van der Waals surface area contributed by atoms with Crippen LogP contribution in [0.25, 0.3) is 11.0 Å². The maximum Gasteiger partial charge on any atom is 0.416 e. The highest BCUT2D eigenvalue weighted by Crippen LogP contribution is 2.31. The number of benzene rings is 1. The molecule has 0 fully saturated rings. The monoisotopic (exact) mass is 478 g/mol. The average molecular weight is 479 g/mol. The summed E-state index contributed by atoms with van der Waals surface area (Å²) in [6.45, 7) is 3.28. The van der Waals surface area contributed by atoms with Crippen LogP contribution in [0.3, 0.4) is 0 Å². The zero-order valence-electron chi connectivity index (χ0n) is 17.5. The molecule has 0 aliphatic carbocycles. The Morgan fingerprint density at radius 1 is 1.15 bits per heavy atom. The van der Waals surface area contributed by atoms with Crippen LogP contribution in [0.5, 0.6) is 0 Å². The summed E-state index contributed by atoms with van der Waals surface area (Å²) in [5.74, 6) is 0.697. The standard InChI is InChI=1S/C20H21F3N8OS/c1-2-31-16-15(10-28-31)26-11-27-17(16)24-7-6-14-9-25-19(33-14)30-18(32)29-13-5-3-4-12(8-13)20(21,22)23/h3-5,8-11,18,29,32H,2,6-7H2,1H3,(H,25,30)(H,24,26,27). The lowest BCUT2D eigenvalue weighted by Gasteiger charge is -2.16. The quantitative estimate of drug-likeness (QED) is 0.269. The van der Waals surface area contributed by atoms with Crippen LogP contribution in [-0.2, 0) is 19.1 Å². The van der Waals surface area contributed by atoms with Crippen LogP contribution in [0.2, 0.25) is 0 Å². The number of aliphatic hydroxyl groups excluding tert-OH is 1. The first-order valence-corrected chi connectivity index (χ1v) is 10.9. The first kappa shape index (κ1) is 22.7. The Morgan fingerprint density at radius 2 is 2.00 bits per heavy atom. The normalized spacial score (nSPS) is 12.6. The zero-order chi connectivity index (χ0) is 23.4. The molecule has 4 rings (SSSR count). The maximum atomic E-state index is 12.8. The number of rotatable bonds is 9. The van der Waals surface area contributed by atoms with Crippen molar-refractivity contribution in [3.05, 3.63) is 53.4 Å². The van der Waals surface area contributed by atoms with Gasteiger partial charge in [-0.2, -0.15) is 18.3 Å². The molecule has 4 N–H and O–H groups in total. The van der Waals surface area contributed by atoms with Crippen LogP contribution in [-0.4, -0.2) is 42.7 Å². The summed E-state index contributed by atoms with van der Waals surface area (Å²) < 4.78 is 40.3. The minimum absolute atomic E-state index is 0.133. The van der Waals surface area contributed by atoms with Gasteiger partial charge in [-0.25, -0.2) is 15.0 Å². The van der Waals surface area contributed by atoms with Crippen LogP contribution < -0.4 is 16.0 Å². The SMILES string of the molecule is CCn1ncc2ncnc(NCCc3cnc(NC(O)Nc4cccc(C(F)(F)F)c4)s3)c21. The minimum atomic E-state index is -4.46. The zero-order valence-corrected chi connectivity index (χ0v) is 18.3. The van der Waals surface area contributed by atoms with Gasteiger partial charge in [0.15, 0.2) is 10.9 Å². The van der Waals surface area contributed by atoms with Gasteiger partial charge in [0.05, 0.1) is 11.8 Å². The molecule has 0 bridgehead atoms. The number of aliphatic hydroxyl groups is 1. The van der Waals surface area contributed by atoms with E-state index in [0.29, 0.717) is 30.5 Å². The van der Waals surface area contributed by atoms with Crippen molar-refractivity contribution in [2.24, 2.45) is 0 Å². The molecular formula is C20H21F3N8OS. The number of nitrogens with zero attached hydrogens (tertiary/aromatic N) is 5. The maximum absolute atomic E-state index is 12.8. The number of aryl methyl sites for hydroxylation is 1. The van der Waals surface area contributed by atoms with E-state index in [0.717, 1.165) is 28.0 Å². The summed E-state index contributed by atoms with van der Waals surface area (Å²) >= 11 is 1.33. The molecule has 3 aromatic heterocycles. The van der Waals surface area contributed by atoms with E-state index in [1.54, 1.807) is 12.4 Å². The molecule has 9 nitrogen and oxygen atoms in total. The van der Waals surface area contributed by atoms with Gasteiger partial charge >= 0.3 is 6.18 Å². The summed E-state index contributed by atoms with van der Waals surface area (Å²) in [5.41, 5.74) is 0.941. The summed E-state index contributed by atoms with van der Waals surface area (Å²) in [4.78, 5) is 13.7. The van der Waals surface area contributed by atoms with Crippen LogP contribution in [0.15, 0.2) is 43.0 Å². The molecule has 0 amide bonds. The Labute approximate surface area is 190 Å². The molecule has 0 aliphatic rings. The Hall–Kier alpha value is -3.45. The Balaban J connectivity index is 1.31. The lowest BCUT2D eigenvalue weighted by atomic mass is 10.2. The number of aromatic nitrogens is 5. The molecule has 3 heterocycles. The van der Waals surface area contributed by atoms with Gasteiger partial charge in [0.2, 0.25) is 6.35 Å². The molecule has 4 aromatic rings. The predicted molar refractivity (Wildman–Crippen MR) is 120 cm³/mol. The van der Waals surface area contributed by atoms with Crippen molar-refractivity contribution in [3.63, 3.8) is 0 Å². The number of thiazole rings is 1. The van der Waals surface area contributed by atoms with Gasteiger partial charge in [0.1, 0.15) is 17.4 Å². The molecule has 0 aliphatic heterocycles. The summed E-state index contributed by atoms with van der Waals surface area (Å²) in [6.07, 6.45) is -0.248. The van der Waals surface area contributed by atoms with Gasteiger partial charge in [0, 0.05) is 36.3 Å². The number of alkyl halides is 3. The molecule has 174 valence electrons. The van der Waals surface area contributed by atoms with Gasteiger partial charge in [0.25, 0.3) is 0 Å². The van der Waals surface area contributed by atoms with Gasteiger partial charge in [-0.05, 0) is 25.1 Å². The average Bonchev–Trinajstić information content (AvgIpc) is 3.40. The third-order valence-corrected chi connectivity index (χ3v) is 5.69. The molecule has 33 heavy (non-hydrogen) atoms. The molecule has 0 saturated carbocycles. The summed E-state index contributed by atoms with van der Waals surface area (Å²) in [5, 5.41) is 23.5. The Morgan fingerprint density at radius 3 is 2.79 bits per heavy atom. The highest BCUT2D eigenvalue weighted by molar-refractivity contribution is 7.15. The second-order valence-electron chi connectivity index (χ2n) is 6.99. The van der Waals surface area contributed by atoms with Crippen molar-refractivity contribution >= 4 is 39.0 Å². The molecular weight excluding hydrogens is 457 g/mol. The fourth-order valence-corrected chi connectivity index (χ4v) is 4.02. The molecule has 0 spiro atoms. The topological polar surface area (TPSA) is 113 Å². The van der Waals surface area contributed by atoms with Crippen molar-refractivity contribution < 1.29 is 18.3 Å². The van der Waals surface area contributed by atoms with E-state index in [1.807, 2.05) is 11.6 Å². The van der Waals surface area contributed by atoms with Crippen molar-refractivity contribution in [2.75, 3.05) is 22.5 Å². The van der Waals surface area contributed by atoms with Crippen molar-refractivity contribution in [1.82, 2.24) is 24.7 Å². The van der Waals surface area contributed by atoms with Crippen LogP contribution in [0.4, 0.5) is 29.8 Å². The molecule has 0 saturated heterocycles.